The number of pyridine rings is 1. The molecule has 8 heteroatoms. The highest BCUT2D eigenvalue weighted by Crippen LogP contribution is 2.22. The van der Waals surface area contributed by atoms with Crippen molar-refractivity contribution in [3.63, 3.8) is 0 Å². The minimum Gasteiger partial charge on any atom is -0.480 e. The van der Waals surface area contributed by atoms with Crippen molar-refractivity contribution in [1.29, 1.82) is 0 Å². The summed E-state index contributed by atoms with van der Waals surface area (Å²) in [6, 6.07) is 0.491. The molecule has 0 spiro atoms. The predicted octanol–water partition coefficient (Wildman–Crippen LogP) is 1.28. The number of hydrogen-bond donors (Lipinski definition) is 3. The van der Waals surface area contributed by atoms with E-state index in [0.29, 0.717) is 11.3 Å². The zero-order valence-electron chi connectivity index (χ0n) is 12.3. The van der Waals surface area contributed by atoms with Gasteiger partial charge in [-0.05, 0) is 48.3 Å². The van der Waals surface area contributed by atoms with Crippen LogP contribution in [0.5, 0.6) is 0 Å². The quantitative estimate of drug-likeness (QED) is 0.752. The van der Waals surface area contributed by atoms with Crippen molar-refractivity contribution >= 4 is 33.5 Å². The highest BCUT2D eigenvalue weighted by Gasteiger charge is 2.28. The summed E-state index contributed by atoms with van der Waals surface area (Å²) in [5.41, 5.74) is 2.19. The maximum absolute atomic E-state index is 12.4. The molecular weight excluding hydrogens is 354 g/mol. The summed E-state index contributed by atoms with van der Waals surface area (Å²) in [4.78, 5) is 27.8. The normalized spacial score (nSPS) is 13.9. The van der Waals surface area contributed by atoms with Gasteiger partial charge in [0, 0.05) is 6.20 Å². The van der Waals surface area contributed by atoms with Crippen LogP contribution in [0.15, 0.2) is 16.7 Å². The van der Waals surface area contributed by atoms with E-state index in [0.717, 1.165) is 10.0 Å². The summed E-state index contributed by atoms with van der Waals surface area (Å²) in [5, 5.41) is 20.9. The van der Waals surface area contributed by atoms with Crippen molar-refractivity contribution in [1.82, 2.24) is 14.7 Å². The average Bonchev–Trinajstić information content (AvgIpc) is 2.71. The number of carbonyl (C=O) groups is 2. The van der Waals surface area contributed by atoms with Crippen LogP contribution in [-0.2, 0) is 4.79 Å². The number of aliphatic hydroxyl groups is 1. The molecule has 118 valence electrons. The van der Waals surface area contributed by atoms with E-state index in [1.54, 1.807) is 17.5 Å². The van der Waals surface area contributed by atoms with Crippen LogP contribution in [0.2, 0.25) is 0 Å². The molecule has 0 saturated carbocycles. The SMILES string of the molecule is Cc1cc(Br)c2nc(C)c(C(=O)NC(C(=O)O)C(C)O)n2c1. The monoisotopic (exact) mass is 369 g/mol. The molecule has 0 aromatic carbocycles. The second-order valence-corrected chi connectivity index (χ2v) is 5.99. The summed E-state index contributed by atoms with van der Waals surface area (Å²) < 4.78 is 2.34. The average molecular weight is 370 g/mol. The Kier molecular flexibility index (Phi) is 4.52. The van der Waals surface area contributed by atoms with Crippen LogP contribution in [0.3, 0.4) is 0 Å². The molecule has 3 N–H and O–H groups in total. The van der Waals surface area contributed by atoms with Crippen LogP contribution in [0.1, 0.15) is 28.7 Å². The number of aliphatic carboxylic acids is 1. The first-order valence-electron chi connectivity index (χ1n) is 6.59. The van der Waals surface area contributed by atoms with Crippen LogP contribution in [0.25, 0.3) is 5.65 Å². The van der Waals surface area contributed by atoms with Gasteiger partial charge in [-0.3, -0.25) is 9.20 Å². The lowest BCUT2D eigenvalue weighted by molar-refractivity contribution is -0.141. The number of imidazole rings is 1. The zero-order chi connectivity index (χ0) is 16.6. The number of amides is 1. The lowest BCUT2D eigenvalue weighted by Gasteiger charge is -2.17. The van der Waals surface area contributed by atoms with E-state index in [2.05, 4.69) is 26.2 Å². The maximum atomic E-state index is 12.4. The molecule has 0 aliphatic heterocycles. The van der Waals surface area contributed by atoms with Gasteiger partial charge in [-0.15, -0.1) is 0 Å². The molecule has 0 bridgehead atoms. The number of carboxylic acids is 1. The molecule has 7 nitrogen and oxygen atoms in total. The second kappa shape index (κ2) is 6.05. The zero-order valence-corrected chi connectivity index (χ0v) is 13.9. The summed E-state index contributed by atoms with van der Waals surface area (Å²) in [7, 11) is 0. The number of nitrogens with zero attached hydrogens (tertiary/aromatic N) is 2. The van der Waals surface area contributed by atoms with Crippen LogP contribution in [0, 0.1) is 13.8 Å². The third kappa shape index (κ3) is 2.97. The van der Waals surface area contributed by atoms with Crippen molar-refractivity contribution in [3.8, 4) is 0 Å². The number of aliphatic hydroxyl groups excluding tert-OH is 1. The highest BCUT2D eigenvalue weighted by atomic mass is 79.9. The Hall–Kier alpha value is -1.93. The van der Waals surface area contributed by atoms with Gasteiger partial charge in [0.05, 0.1) is 16.3 Å². The highest BCUT2D eigenvalue weighted by molar-refractivity contribution is 9.10. The molecule has 2 heterocycles. The third-order valence-electron chi connectivity index (χ3n) is 3.24. The Bertz CT molecular complexity index is 754. The van der Waals surface area contributed by atoms with Crippen LogP contribution < -0.4 is 5.32 Å². The first kappa shape index (κ1) is 16.4. The van der Waals surface area contributed by atoms with Crippen molar-refractivity contribution in [2.45, 2.75) is 32.9 Å². The number of nitrogens with one attached hydrogen (secondary N) is 1. The van der Waals surface area contributed by atoms with Gasteiger partial charge in [0.25, 0.3) is 5.91 Å². The number of aryl methyl sites for hydroxylation is 2. The van der Waals surface area contributed by atoms with Gasteiger partial charge >= 0.3 is 5.97 Å². The van der Waals surface area contributed by atoms with Gasteiger partial charge in [0.15, 0.2) is 11.7 Å². The van der Waals surface area contributed by atoms with E-state index in [1.807, 2.05) is 13.0 Å². The van der Waals surface area contributed by atoms with Crippen molar-refractivity contribution < 1.29 is 19.8 Å². The third-order valence-corrected chi connectivity index (χ3v) is 3.82. The predicted molar refractivity (Wildman–Crippen MR) is 82.9 cm³/mol. The van der Waals surface area contributed by atoms with Gasteiger partial charge in [-0.2, -0.15) is 0 Å². The standard InChI is InChI=1S/C14H16BrN3O4/c1-6-4-9(15)12-16-7(2)11(18(12)5-6)13(20)17-10(8(3)19)14(21)22/h4-5,8,10,19H,1-3H3,(H,17,20)(H,21,22). The Balaban J connectivity index is 2.48. The number of aromatic nitrogens is 2. The largest absolute Gasteiger partial charge is 0.480 e. The maximum Gasteiger partial charge on any atom is 0.328 e. The summed E-state index contributed by atoms with van der Waals surface area (Å²) in [5.74, 6) is -1.90. The molecule has 0 aliphatic rings. The van der Waals surface area contributed by atoms with E-state index < -0.39 is 24.0 Å². The molecule has 0 saturated heterocycles. The number of carboxylic acid groups (broad SMARTS) is 1. The first-order valence-corrected chi connectivity index (χ1v) is 7.38. The van der Waals surface area contributed by atoms with E-state index in [4.69, 9.17) is 5.11 Å². The summed E-state index contributed by atoms with van der Waals surface area (Å²) in [6.07, 6.45) is 0.530. The smallest absolute Gasteiger partial charge is 0.328 e. The van der Waals surface area contributed by atoms with Crippen molar-refractivity contribution in [2.75, 3.05) is 0 Å². The van der Waals surface area contributed by atoms with Crippen LogP contribution in [0.4, 0.5) is 0 Å². The molecule has 0 fully saturated rings. The molecule has 2 aromatic heterocycles. The molecule has 0 aliphatic carbocycles. The van der Waals surface area contributed by atoms with Crippen molar-refractivity contribution in [3.05, 3.63) is 33.7 Å². The molecule has 22 heavy (non-hydrogen) atoms. The molecule has 2 unspecified atom stereocenters. The fourth-order valence-electron chi connectivity index (χ4n) is 2.22. The number of hydrogen-bond acceptors (Lipinski definition) is 4. The molecule has 0 radical (unpaired) electrons. The summed E-state index contributed by atoms with van der Waals surface area (Å²) in [6.45, 7) is 4.85. The first-order chi connectivity index (χ1) is 10.2. The van der Waals surface area contributed by atoms with Gasteiger partial charge in [-0.25, -0.2) is 9.78 Å². The minimum absolute atomic E-state index is 0.242. The fraction of sp³-hybridized carbons (Fsp3) is 0.357. The van der Waals surface area contributed by atoms with E-state index >= 15 is 0 Å². The number of fused-ring (bicyclic) bond motifs is 1. The van der Waals surface area contributed by atoms with Gasteiger partial charge < -0.3 is 15.5 Å². The van der Waals surface area contributed by atoms with E-state index in [9.17, 15) is 14.7 Å². The van der Waals surface area contributed by atoms with Crippen LogP contribution >= 0.6 is 15.9 Å². The Morgan fingerprint density at radius 2 is 2.05 bits per heavy atom. The molecule has 2 aromatic rings. The van der Waals surface area contributed by atoms with Crippen molar-refractivity contribution in [2.24, 2.45) is 0 Å². The van der Waals surface area contributed by atoms with E-state index in [-0.39, 0.29) is 5.69 Å². The van der Waals surface area contributed by atoms with E-state index in [1.165, 1.54) is 6.92 Å². The van der Waals surface area contributed by atoms with Crippen LogP contribution in [-0.4, -0.2) is 43.6 Å². The lowest BCUT2D eigenvalue weighted by atomic mass is 10.1. The summed E-state index contributed by atoms with van der Waals surface area (Å²) >= 11 is 3.39. The van der Waals surface area contributed by atoms with Gasteiger partial charge in [-0.1, -0.05) is 0 Å². The minimum atomic E-state index is -1.38. The Morgan fingerprint density at radius 3 is 2.59 bits per heavy atom. The molecule has 2 atom stereocenters. The molecular formula is C14H16BrN3O4. The number of carbonyl (C=O) groups excluding carboxylic acids is 1. The number of halogens is 1. The number of rotatable bonds is 4. The molecule has 1 amide bonds. The second-order valence-electron chi connectivity index (χ2n) is 5.13. The van der Waals surface area contributed by atoms with Gasteiger partial charge in [0.2, 0.25) is 0 Å². The Labute approximate surface area is 135 Å². The Morgan fingerprint density at radius 1 is 1.41 bits per heavy atom. The molecule has 2 rings (SSSR count). The fourth-order valence-corrected chi connectivity index (χ4v) is 2.86. The van der Waals surface area contributed by atoms with Gasteiger partial charge in [0.1, 0.15) is 5.69 Å². The lowest BCUT2D eigenvalue weighted by Crippen LogP contribution is -2.48. The topological polar surface area (TPSA) is 104 Å².